The van der Waals surface area contributed by atoms with Crippen molar-refractivity contribution in [2.45, 2.75) is 39.8 Å². The molecule has 0 aliphatic heterocycles. The van der Waals surface area contributed by atoms with E-state index in [1.54, 1.807) is 27.7 Å². The van der Waals surface area contributed by atoms with Gasteiger partial charge in [-0.3, -0.25) is 0 Å². The van der Waals surface area contributed by atoms with Gasteiger partial charge >= 0.3 is 11.8 Å². The third-order valence-corrected chi connectivity index (χ3v) is 2.13. The van der Waals surface area contributed by atoms with Crippen molar-refractivity contribution in [3.05, 3.63) is 0 Å². The monoisotopic (exact) mass is 264 g/mol. The molecule has 6 nitrogen and oxygen atoms in total. The van der Waals surface area contributed by atoms with Gasteiger partial charge in [-0.25, -0.2) is 4.79 Å². The number of rotatable bonds is 10. The van der Waals surface area contributed by atoms with Crippen LogP contribution < -0.4 is 0 Å². The molecule has 108 valence electrons. The highest BCUT2D eigenvalue weighted by Crippen LogP contribution is 2.24. The van der Waals surface area contributed by atoms with Crippen molar-refractivity contribution < 1.29 is 28.5 Å². The Morgan fingerprint density at radius 2 is 1.39 bits per heavy atom. The first-order chi connectivity index (χ1) is 8.62. The minimum absolute atomic E-state index is 0.270. The fraction of sp³-hybridized carbons (Fsp3) is 0.917. The lowest BCUT2D eigenvalue weighted by Crippen LogP contribution is -2.57. The van der Waals surface area contributed by atoms with Crippen LogP contribution in [0.5, 0.6) is 0 Å². The van der Waals surface area contributed by atoms with E-state index in [-0.39, 0.29) is 13.2 Å². The van der Waals surface area contributed by atoms with E-state index in [2.05, 4.69) is 0 Å². The lowest BCUT2D eigenvalue weighted by Gasteiger charge is -2.35. The Morgan fingerprint density at radius 3 is 1.67 bits per heavy atom. The largest absolute Gasteiger partial charge is 0.465 e. The topological polar surface area (TPSA) is 63.2 Å². The van der Waals surface area contributed by atoms with E-state index in [0.29, 0.717) is 13.2 Å². The molecule has 0 rings (SSSR count). The van der Waals surface area contributed by atoms with E-state index in [1.165, 1.54) is 7.11 Å². The first kappa shape index (κ1) is 17.3. The Labute approximate surface area is 108 Å². The summed E-state index contributed by atoms with van der Waals surface area (Å²) in [5.74, 6) is -2.34. The SMILES string of the molecule is CCOC(OCC)C(OCC)(OCC)C(=O)OC. The van der Waals surface area contributed by atoms with E-state index in [1.807, 2.05) is 0 Å². The van der Waals surface area contributed by atoms with E-state index in [4.69, 9.17) is 23.7 Å². The average Bonchev–Trinajstić information content (AvgIpc) is 2.37. The molecule has 0 bridgehead atoms. The standard InChI is InChI=1S/C12H24O6/c1-6-15-11(16-7-2)12(17-8-3,18-9-4)10(13)14-5/h11H,6-9H2,1-5H3. The molecule has 0 aliphatic carbocycles. The zero-order valence-corrected chi connectivity index (χ0v) is 11.9. The molecule has 0 saturated carbocycles. The van der Waals surface area contributed by atoms with E-state index >= 15 is 0 Å². The van der Waals surface area contributed by atoms with Gasteiger partial charge < -0.3 is 23.7 Å². The number of carbonyl (C=O) groups is 1. The van der Waals surface area contributed by atoms with Crippen molar-refractivity contribution in [2.75, 3.05) is 33.5 Å². The number of hydrogen-bond donors (Lipinski definition) is 0. The van der Waals surface area contributed by atoms with Crippen LogP contribution >= 0.6 is 0 Å². The molecule has 0 atom stereocenters. The van der Waals surface area contributed by atoms with Gasteiger partial charge in [-0.15, -0.1) is 0 Å². The minimum atomic E-state index is -1.68. The smallest absolute Gasteiger partial charge is 0.372 e. The molecule has 0 spiro atoms. The summed E-state index contributed by atoms with van der Waals surface area (Å²) in [5.41, 5.74) is 0. The minimum Gasteiger partial charge on any atom is -0.465 e. The van der Waals surface area contributed by atoms with E-state index in [0.717, 1.165) is 0 Å². The maximum Gasteiger partial charge on any atom is 0.372 e. The van der Waals surface area contributed by atoms with Gasteiger partial charge in [0.2, 0.25) is 6.29 Å². The Bertz CT molecular complexity index is 219. The van der Waals surface area contributed by atoms with Gasteiger partial charge in [0.05, 0.1) is 7.11 Å². The summed E-state index contributed by atoms with van der Waals surface area (Å²) in [4.78, 5) is 12.0. The third kappa shape index (κ3) is 4.20. The van der Waals surface area contributed by atoms with Gasteiger partial charge in [0.15, 0.2) is 0 Å². The molecule has 0 amide bonds. The maximum atomic E-state index is 12.0. The van der Waals surface area contributed by atoms with Crippen LogP contribution in [0.4, 0.5) is 0 Å². The second kappa shape index (κ2) is 9.27. The highest BCUT2D eigenvalue weighted by Gasteiger charge is 2.51. The third-order valence-electron chi connectivity index (χ3n) is 2.13. The van der Waals surface area contributed by atoms with Crippen LogP contribution in [0.3, 0.4) is 0 Å². The zero-order chi connectivity index (χ0) is 14.0. The Hall–Kier alpha value is -0.690. The predicted octanol–water partition coefficient (Wildman–Crippen LogP) is 1.33. The molecule has 0 aromatic carbocycles. The van der Waals surface area contributed by atoms with Crippen LogP contribution in [0.15, 0.2) is 0 Å². The first-order valence-electron chi connectivity index (χ1n) is 6.22. The van der Waals surface area contributed by atoms with Crippen LogP contribution in [-0.2, 0) is 28.5 Å². The summed E-state index contributed by atoms with van der Waals surface area (Å²) in [5, 5.41) is 0. The molecule has 6 heteroatoms. The highest BCUT2D eigenvalue weighted by molar-refractivity contribution is 5.78. The lowest BCUT2D eigenvalue weighted by atomic mass is 10.2. The Balaban J connectivity index is 5.24. The summed E-state index contributed by atoms with van der Waals surface area (Å²) in [6.07, 6.45) is -0.958. The molecule has 0 aliphatic rings. The molecule has 0 aromatic heterocycles. The molecular weight excluding hydrogens is 240 g/mol. The van der Waals surface area contributed by atoms with Crippen molar-refractivity contribution in [2.24, 2.45) is 0 Å². The average molecular weight is 264 g/mol. The molecule has 18 heavy (non-hydrogen) atoms. The predicted molar refractivity (Wildman–Crippen MR) is 65.0 cm³/mol. The van der Waals surface area contributed by atoms with Crippen LogP contribution in [0.2, 0.25) is 0 Å². The van der Waals surface area contributed by atoms with Crippen molar-refractivity contribution in [1.29, 1.82) is 0 Å². The molecule has 0 fully saturated rings. The van der Waals surface area contributed by atoms with Crippen LogP contribution in [0.25, 0.3) is 0 Å². The fourth-order valence-corrected chi connectivity index (χ4v) is 1.53. The maximum absolute atomic E-state index is 12.0. The molecule has 0 saturated heterocycles. The molecular formula is C12H24O6. The fourth-order valence-electron chi connectivity index (χ4n) is 1.53. The normalized spacial score (nSPS) is 11.9. The van der Waals surface area contributed by atoms with Gasteiger partial charge in [-0.2, -0.15) is 0 Å². The van der Waals surface area contributed by atoms with Crippen molar-refractivity contribution in [1.82, 2.24) is 0 Å². The molecule has 0 radical (unpaired) electrons. The number of hydrogen-bond acceptors (Lipinski definition) is 6. The quantitative estimate of drug-likeness (QED) is 0.438. The summed E-state index contributed by atoms with van der Waals surface area (Å²) in [6.45, 7) is 8.37. The Morgan fingerprint density at radius 1 is 0.944 bits per heavy atom. The molecule has 0 heterocycles. The number of ether oxygens (including phenoxy) is 5. The van der Waals surface area contributed by atoms with E-state index < -0.39 is 18.0 Å². The van der Waals surface area contributed by atoms with Crippen molar-refractivity contribution >= 4 is 5.97 Å². The van der Waals surface area contributed by atoms with Crippen LogP contribution in [0, 0.1) is 0 Å². The Kier molecular flexibility index (Phi) is 8.91. The second-order valence-electron chi connectivity index (χ2n) is 3.27. The first-order valence-corrected chi connectivity index (χ1v) is 6.22. The summed E-state index contributed by atoms with van der Waals surface area (Å²) in [6, 6.07) is 0. The zero-order valence-electron chi connectivity index (χ0n) is 11.9. The highest BCUT2D eigenvalue weighted by atomic mass is 16.8. The lowest BCUT2D eigenvalue weighted by molar-refractivity contribution is -0.338. The van der Waals surface area contributed by atoms with Gasteiger partial charge in [-0.1, -0.05) is 0 Å². The molecule has 0 unspecified atom stereocenters. The number of methoxy groups -OCH3 is 1. The summed E-state index contributed by atoms with van der Waals surface area (Å²) >= 11 is 0. The number of carbonyl (C=O) groups excluding carboxylic acids is 1. The van der Waals surface area contributed by atoms with Gasteiger partial charge in [0.25, 0.3) is 0 Å². The van der Waals surface area contributed by atoms with Crippen LogP contribution in [-0.4, -0.2) is 51.6 Å². The van der Waals surface area contributed by atoms with E-state index in [9.17, 15) is 4.79 Å². The van der Waals surface area contributed by atoms with Gasteiger partial charge in [0.1, 0.15) is 0 Å². The van der Waals surface area contributed by atoms with Crippen molar-refractivity contribution in [3.63, 3.8) is 0 Å². The molecule has 0 N–H and O–H groups in total. The molecule has 0 aromatic rings. The number of esters is 1. The summed E-state index contributed by atoms with van der Waals surface area (Å²) in [7, 11) is 1.27. The summed E-state index contributed by atoms with van der Waals surface area (Å²) < 4.78 is 26.4. The van der Waals surface area contributed by atoms with Crippen LogP contribution in [0.1, 0.15) is 27.7 Å². The van der Waals surface area contributed by atoms with Gasteiger partial charge in [-0.05, 0) is 27.7 Å². The second-order valence-corrected chi connectivity index (χ2v) is 3.27. The van der Waals surface area contributed by atoms with Crippen molar-refractivity contribution in [3.8, 4) is 0 Å². The van der Waals surface area contributed by atoms with Gasteiger partial charge in [0, 0.05) is 26.4 Å².